The van der Waals surface area contributed by atoms with Crippen LogP contribution in [0.25, 0.3) is 0 Å². The molecule has 0 spiro atoms. The molecule has 0 aliphatic carbocycles. The topological polar surface area (TPSA) is 84.1 Å². The molecule has 2 aromatic rings. The van der Waals surface area contributed by atoms with E-state index in [0.29, 0.717) is 17.1 Å². The highest BCUT2D eigenvalue weighted by Gasteiger charge is 2.08. The SMILES string of the molecule is CCN(CC)c1ccc(NC(=O)c2ccc(N)cn2)cn1. The molecule has 2 heterocycles. The maximum absolute atomic E-state index is 12.0. The molecular formula is C15H19N5O. The van der Waals surface area contributed by atoms with Gasteiger partial charge >= 0.3 is 0 Å². The Kier molecular flexibility index (Phi) is 4.71. The van der Waals surface area contributed by atoms with Gasteiger partial charge in [0.1, 0.15) is 11.5 Å². The molecule has 110 valence electrons. The highest BCUT2D eigenvalue weighted by Crippen LogP contribution is 2.14. The van der Waals surface area contributed by atoms with Gasteiger partial charge in [0.2, 0.25) is 0 Å². The molecular weight excluding hydrogens is 266 g/mol. The summed E-state index contributed by atoms with van der Waals surface area (Å²) >= 11 is 0. The first-order chi connectivity index (χ1) is 10.1. The normalized spacial score (nSPS) is 10.2. The zero-order valence-electron chi connectivity index (χ0n) is 12.2. The summed E-state index contributed by atoms with van der Waals surface area (Å²) in [6.07, 6.45) is 3.10. The van der Waals surface area contributed by atoms with Crippen LogP contribution in [0.2, 0.25) is 0 Å². The number of pyridine rings is 2. The monoisotopic (exact) mass is 285 g/mol. The smallest absolute Gasteiger partial charge is 0.274 e. The van der Waals surface area contributed by atoms with Gasteiger partial charge in [0.05, 0.1) is 23.8 Å². The number of amides is 1. The Morgan fingerprint density at radius 2 is 1.90 bits per heavy atom. The molecule has 0 atom stereocenters. The molecule has 0 aliphatic heterocycles. The fourth-order valence-electron chi connectivity index (χ4n) is 1.93. The van der Waals surface area contributed by atoms with Crippen molar-refractivity contribution in [2.24, 2.45) is 0 Å². The van der Waals surface area contributed by atoms with Gasteiger partial charge in [0.15, 0.2) is 0 Å². The molecule has 0 fully saturated rings. The molecule has 0 radical (unpaired) electrons. The standard InChI is InChI=1S/C15H19N5O/c1-3-20(4-2)14-8-6-12(10-18-14)19-15(21)13-7-5-11(16)9-17-13/h5-10H,3-4,16H2,1-2H3,(H,19,21). The van der Waals surface area contributed by atoms with Crippen molar-refractivity contribution in [2.75, 3.05) is 29.0 Å². The van der Waals surface area contributed by atoms with Crippen molar-refractivity contribution in [1.29, 1.82) is 0 Å². The second kappa shape index (κ2) is 6.69. The van der Waals surface area contributed by atoms with Crippen LogP contribution in [0, 0.1) is 0 Å². The Balaban J connectivity index is 2.06. The van der Waals surface area contributed by atoms with Crippen molar-refractivity contribution in [3.63, 3.8) is 0 Å². The van der Waals surface area contributed by atoms with Crippen LogP contribution in [-0.2, 0) is 0 Å². The molecule has 2 aromatic heterocycles. The van der Waals surface area contributed by atoms with E-state index in [1.807, 2.05) is 12.1 Å². The van der Waals surface area contributed by atoms with E-state index in [9.17, 15) is 4.79 Å². The van der Waals surface area contributed by atoms with Gasteiger partial charge in [-0.25, -0.2) is 9.97 Å². The summed E-state index contributed by atoms with van der Waals surface area (Å²) in [6, 6.07) is 6.95. The predicted octanol–water partition coefficient (Wildman–Crippen LogP) is 2.16. The molecule has 6 heteroatoms. The molecule has 3 N–H and O–H groups in total. The fraction of sp³-hybridized carbons (Fsp3) is 0.267. The number of carbonyl (C=O) groups is 1. The maximum Gasteiger partial charge on any atom is 0.274 e. The summed E-state index contributed by atoms with van der Waals surface area (Å²) in [5, 5.41) is 2.76. The molecule has 0 bridgehead atoms. The highest BCUT2D eigenvalue weighted by atomic mass is 16.1. The Hall–Kier alpha value is -2.63. The van der Waals surface area contributed by atoms with E-state index in [2.05, 4.69) is 34.0 Å². The zero-order chi connectivity index (χ0) is 15.2. The minimum atomic E-state index is -0.285. The Morgan fingerprint density at radius 3 is 2.43 bits per heavy atom. The summed E-state index contributed by atoms with van der Waals surface area (Å²) < 4.78 is 0. The van der Waals surface area contributed by atoms with Crippen molar-refractivity contribution in [1.82, 2.24) is 9.97 Å². The average molecular weight is 285 g/mol. The molecule has 0 aliphatic rings. The number of aromatic nitrogens is 2. The number of rotatable bonds is 5. The molecule has 2 rings (SSSR count). The van der Waals surface area contributed by atoms with E-state index in [0.717, 1.165) is 18.9 Å². The van der Waals surface area contributed by atoms with Gasteiger partial charge in [-0.15, -0.1) is 0 Å². The minimum Gasteiger partial charge on any atom is -0.397 e. The van der Waals surface area contributed by atoms with Crippen molar-refractivity contribution >= 4 is 23.1 Å². The first-order valence-electron chi connectivity index (χ1n) is 6.88. The highest BCUT2D eigenvalue weighted by molar-refractivity contribution is 6.02. The lowest BCUT2D eigenvalue weighted by molar-refractivity contribution is 0.102. The number of nitrogen functional groups attached to an aromatic ring is 1. The van der Waals surface area contributed by atoms with Crippen LogP contribution < -0.4 is 16.0 Å². The third-order valence-corrected chi connectivity index (χ3v) is 3.11. The van der Waals surface area contributed by atoms with Crippen LogP contribution in [0.5, 0.6) is 0 Å². The van der Waals surface area contributed by atoms with Crippen molar-refractivity contribution in [3.8, 4) is 0 Å². The number of hydrogen-bond donors (Lipinski definition) is 2. The van der Waals surface area contributed by atoms with Gasteiger partial charge in [0, 0.05) is 13.1 Å². The van der Waals surface area contributed by atoms with Crippen LogP contribution in [0.4, 0.5) is 17.2 Å². The second-order valence-corrected chi connectivity index (χ2v) is 4.51. The minimum absolute atomic E-state index is 0.285. The van der Waals surface area contributed by atoms with E-state index in [1.54, 1.807) is 18.3 Å². The lowest BCUT2D eigenvalue weighted by Gasteiger charge is -2.19. The Morgan fingerprint density at radius 1 is 1.14 bits per heavy atom. The van der Waals surface area contributed by atoms with Gasteiger partial charge in [0.25, 0.3) is 5.91 Å². The van der Waals surface area contributed by atoms with Gasteiger partial charge in [-0.05, 0) is 38.1 Å². The van der Waals surface area contributed by atoms with Crippen molar-refractivity contribution in [3.05, 3.63) is 42.4 Å². The van der Waals surface area contributed by atoms with E-state index in [1.165, 1.54) is 6.20 Å². The van der Waals surface area contributed by atoms with E-state index in [4.69, 9.17) is 5.73 Å². The fourth-order valence-corrected chi connectivity index (χ4v) is 1.93. The first kappa shape index (κ1) is 14.8. The third-order valence-electron chi connectivity index (χ3n) is 3.11. The summed E-state index contributed by atoms with van der Waals surface area (Å²) in [4.78, 5) is 22.5. The van der Waals surface area contributed by atoms with Gasteiger partial charge < -0.3 is 16.0 Å². The summed E-state index contributed by atoms with van der Waals surface area (Å²) in [5.74, 6) is 0.607. The van der Waals surface area contributed by atoms with Crippen LogP contribution in [0.1, 0.15) is 24.3 Å². The molecule has 0 saturated heterocycles. The zero-order valence-corrected chi connectivity index (χ0v) is 12.2. The molecule has 1 amide bonds. The molecule has 0 unspecified atom stereocenters. The number of hydrogen-bond acceptors (Lipinski definition) is 5. The average Bonchev–Trinajstić information content (AvgIpc) is 2.51. The summed E-state index contributed by atoms with van der Waals surface area (Å²) in [7, 11) is 0. The molecule has 0 aromatic carbocycles. The molecule has 21 heavy (non-hydrogen) atoms. The van der Waals surface area contributed by atoms with E-state index < -0.39 is 0 Å². The summed E-state index contributed by atoms with van der Waals surface area (Å²) in [6.45, 7) is 5.94. The molecule has 0 saturated carbocycles. The lowest BCUT2D eigenvalue weighted by Crippen LogP contribution is -2.23. The second-order valence-electron chi connectivity index (χ2n) is 4.51. The summed E-state index contributed by atoms with van der Waals surface area (Å²) in [5.41, 5.74) is 7.02. The number of carbonyl (C=O) groups excluding carboxylic acids is 1. The lowest BCUT2D eigenvalue weighted by atomic mass is 10.3. The van der Waals surface area contributed by atoms with E-state index >= 15 is 0 Å². The third kappa shape index (κ3) is 3.68. The number of nitrogens with one attached hydrogen (secondary N) is 1. The van der Waals surface area contributed by atoms with E-state index in [-0.39, 0.29) is 5.91 Å². The van der Waals surface area contributed by atoms with Gasteiger partial charge in [-0.2, -0.15) is 0 Å². The van der Waals surface area contributed by atoms with Crippen LogP contribution in [0.3, 0.4) is 0 Å². The number of anilines is 3. The number of nitrogens with two attached hydrogens (primary N) is 1. The van der Waals surface area contributed by atoms with Crippen LogP contribution >= 0.6 is 0 Å². The van der Waals surface area contributed by atoms with Crippen LogP contribution in [-0.4, -0.2) is 29.0 Å². The van der Waals surface area contributed by atoms with Gasteiger partial charge in [-0.3, -0.25) is 4.79 Å². The quantitative estimate of drug-likeness (QED) is 0.879. The van der Waals surface area contributed by atoms with Crippen molar-refractivity contribution < 1.29 is 4.79 Å². The van der Waals surface area contributed by atoms with Crippen molar-refractivity contribution in [2.45, 2.75) is 13.8 Å². The molecule has 6 nitrogen and oxygen atoms in total. The maximum atomic E-state index is 12.0. The Labute approximate surface area is 124 Å². The largest absolute Gasteiger partial charge is 0.397 e. The first-order valence-corrected chi connectivity index (χ1v) is 6.88. The number of nitrogens with zero attached hydrogens (tertiary/aromatic N) is 3. The van der Waals surface area contributed by atoms with Crippen LogP contribution in [0.15, 0.2) is 36.7 Å². The Bertz CT molecular complexity index is 590. The van der Waals surface area contributed by atoms with Gasteiger partial charge in [-0.1, -0.05) is 0 Å². The predicted molar refractivity (Wildman–Crippen MR) is 84.4 cm³/mol.